The lowest BCUT2D eigenvalue weighted by atomic mass is 10.4. The van der Waals surface area contributed by atoms with Gasteiger partial charge in [-0.1, -0.05) is 12.5 Å². The second-order valence-electron chi connectivity index (χ2n) is 2.67. The largest absolute Gasteiger partial charge is 0.417 e. The van der Waals surface area contributed by atoms with Crippen molar-refractivity contribution in [3.05, 3.63) is 12.7 Å². The van der Waals surface area contributed by atoms with Crippen LogP contribution >= 0.6 is 0 Å². The molecular weight excluding hydrogens is 140 g/mol. The van der Waals surface area contributed by atoms with E-state index in [1.165, 1.54) is 24.9 Å². The van der Waals surface area contributed by atoms with E-state index >= 15 is 0 Å². The lowest BCUT2D eigenvalue weighted by molar-refractivity contribution is 0.286. The molecule has 0 spiro atoms. The lowest BCUT2D eigenvalue weighted by Gasteiger charge is -2.19. The Morgan fingerprint density at radius 3 is 3.00 bits per heavy atom. The van der Waals surface area contributed by atoms with E-state index in [0.717, 1.165) is 13.0 Å². The average molecular weight is 155 g/mol. The van der Waals surface area contributed by atoms with Crippen molar-refractivity contribution in [2.45, 2.75) is 31.4 Å². The predicted molar refractivity (Wildman–Crippen MR) is 45.4 cm³/mol. The lowest BCUT2D eigenvalue weighted by Crippen LogP contribution is -2.22. The third-order valence-electron chi connectivity index (χ3n) is 1.78. The molecule has 0 aromatic rings. The van der Waals surface area contributed by atoms with Crippen molar-refractivity contribution >= 4 is 9.04 Å². The summed E-state index contributed by atoms with van der Waals surface area (Å²) in [6.45, 7) is 4.73. The quantitative estimate of drug-likeness (QED) is 0.449. The van der Waals surface area contributed by atoms with Gasteiger partial charge in [-0.3, -0.25) is 0 Å². The van der Waals surface area contributed by atoms with E-state index in [-0.39, 0.29) is 9.04 Å². The number of allylic oxidation sites excluding steroid dienone is 1. The van der Waals surface area contributed by atoms with Crippen molar-refractivity contribution in [3.8, 4) is 0 Å². The standard InChI is InChI=1S/C8H15OSi/c1-2-3-7-10-8-5-4-6-9-10/h2H,1,3-8H2. The van der Waals surface area contributed by atoms with Crippen LogP contribution in [0.2, 0.25) is 12.1 Å². The van der Waals surface area contributed by atoms with Crippen molar-refractivity contribution in [3.63, 3.8) is 0 Å². The van der Waals surface area contributed by atoms with E-state index in [1.54, 1.807) is 0 Å². The smallest absolute Gasteiger partial charge is 0.211 e. The van der Waals surface area contributed by atoms with Crippen LogP contribution in [-0.4, -0.2) is 15.6 Å². The first-order chi connectivity index (χ1) is 4.93. The highest BCUT2D eigenvalue weighted by atomic mass is 28.3. The molecule has 1 fully saturated rings. The maximum Gasteiger partial charge on any atom is 0.211 e. The number of hydrogen-bond donors (Lipinski definition) is 0. The predicted octanol–water partition coefficient (Wildman–Crippen LogP) is 2.36. The van der Waals surface area contributed by atoms with E-state index < -0.39 is 0 Å². The normalized spacial score (nSPS) is 20.8. The fraction of sp³-hybridized carbons (Fsp3) is 0.750. The molecule has 10 heavy (non-hydrogen) atoms. The van der Waals surface area contributed by atoms with Gasteiger partial charge in [-0.15, -0.1) is 6.58 Å². The van der Waals surface area contributed by atoms with Crippen LogP contribution in [0.5, 0.6) is 0 Å². The van der Waals surface area contributed by atoms with E-state index in [4.69, 9.17) is 4.43 Å². The highest BCUT2D eigenvalue weighted by molar-refractivity contribution is 6.51. The van der Waals surface area contributed by atoms with Crippen molar-refractivity contribution in [2.24, 2.45) is 0 Å². The van der Waals surface area contributed by atoms with Gasteiger partial charge in [-0.2, -0.15) is 0 Å². The van der Waals surface area contributed by atoms with E-state index in [2.05, 4.69) is 6.58 Å². The fourth-order valence-corrected chi connectivity index (χ4v) is 3.32. The van der Waals surface area contributed by atoms with Gasteiger partial charge in [0.25, 0.3) is 0 Å². The van der Waals surface area contributed by atoms with Crippen molar-refractivity contribution in [2.75, 3.05) is 6.61 Å². The molecule has 57 valence electrons. The molecule has 0 saturated carbocycles. The van der Waals surface area contributed by atoms with Gasteiger partial charge >= 0.3 is 0 Å². The highest BCUT2D eigenvalue weighted by Crippen LogP contribution is 2.15. The molecule has 0 aromatic heterocycles. The number of hydrogen-bond acceptors (Lipinski definition) is 1. The Hall–Kier alpha value is -0.0831. The van der Waals surface area contributed by atoms with Crippen LogP contribution in [0.1, 0.15) is 19.3 Å². The second-order valence-corrected chi connectivity index (χ2v) is 5.04. The Balaban J connectivity index is 2.07. The Kier molecular flexibility index (Phi) is 3.76. The molecular formula is C8H15OSi. The third kappa shape index (κ3) is 2.67. The van der Waals surface area contributed by atoms with Crippen molar-refractivity contribution in [1.82, 2.24) is 0 Å². The van der Waals surface area contributed by atoms with Crippen LogP contribution in [0.4, 0.5) is 0 Å². The molecule has 0 N–H and O–H groups in total. The minimum Gasteiger partial charge on any atom is -0.417 e. The molecule has 0 amide bonds. The first-order valence-corrected chi connectivity index (χ1v) is 5.84. The summed E-state index contributed by atoms with van der Waals surface area (Å²) in [7, 11) is -0.382. The molecule has 1 saturated heterocycles. The Bertz CT molecular complexity index is 97.4. The SMILES string of the molecule is C=CCC[Si]1CCCCO1. The Morgan fingerprint density at radius 2 is 2.40 bits per heavy atom. The molecule has 1 aliphatic heterocycles. The highest BCUT2D eigenvalue weighted by Gasteiger charge is 2.15. The molecule has 0 aliphatic carbocycles. The summed E-state index contributed by atoms with van der Waals surface area (Å²) in [5.41, 5.74) is 0. The summed E-state index contributed by atoms with van der Waals surface area (Å²) in [4.78, 5) is 0. The first kappa shape index (κ1) is 8.02. The molecule has 1 rings (SSSR count). The molecule has 1 radical (unpaired) electrons. The zero-order chi connectivity index (χ0) is 7.23. The van der Waals surface area contributed by atoms with E-state index in [1.807, 2.05) is 6.08 Å². The molecule has 0 aromatic carbocycles. The summed E-state index contributed by atoms with van der Waals surface area (Å²) in [5, 5.41) is 0. The van der Waals surface area contributed by atoms with Crippen molar-refractivity contribution in [1.29, 1.82) is 0 Å². The topological polar surface area (TPSA) is 9.23 Å². The zero-order valence-electron chi connectivity index (χ0n) is 6.44. The summed E-state index contributed by atoms with van der Waals surface area (Å²) < 4.78 is 5.63. The van der Waals surface area contributed by atoms with Gasteiger partial charge in [-0.05, 0) is 24.9 Å². The van der Waals surface area contributed by atoms with Crippen molar-refractivity contribution < 1.29 is 4.43 Å². The van der Waals surface area contributed by atoms with Crippen LogP contribution in [0.25, 0.3) is 0 Å². The van der Waals surface area contributed by atoms with Crippen LogP contribution < -0.4 is 0 Å². The first-order valence-electron chi connectivity index (χ1n) is 4.02. The zero-order valence-corrected chi connectivity index (χ0v) is 7.44. The fourth-order valence-electron chi connectivity index (χ4n) is 1.17. The minimum absolute atomic E-state index is 0.382. The molecule has 0 unspecified atom stereocenters. The molecule has 0 bridgehead atoms. The molecule has 1 heterocycles. The second kappa shape index (κ2) is 4.69. The minimum atomic E-state index is -0.382. The molecule has 1 nitrogen and oxygen atoms in total. The molecule has 1 aliphatic rings. The molecule has 0 atom stereocenters. The maximum absolute atomic E-state index is 5.63. The van der Waals surface area contributed by atoms with E-state index in [9.17, 15) is 0 Å². The Labute approximate surface area is 64.8 Å². The maximum atomic E-state index is 5.63. The summed E-state index contributed by atoms with van der Waals surface area (Å²) in [5.74, 6) is 0. The number of rotatable bonds is 3. The van der Waals surface area contributed by atoms with Gasteiger partial charge < -0.3 is 4.43 Å². The van der Waals surface area contributed by atoms with Gasteiger partial charge in [-0.25, -0.2) is 0 Å². The van der Waals surface area contributed by atoms with Gasteiger partial charge in [0.05, 0.1) is 0 Å². The van der Waals surface area contributed by atoms with Gasteiger partial charge in [0.2, 0.25) is 9.04 Å². The van der Waals surface area contributed by atoms with Crippen LogP contribution in [0, 0.1) is 0 Å². The summed E-state index contributed by atoms with van der Waals surface area (Å²) in [6, 6.07) is 2.63. The van der Waals surface area contributed by atoms with Gasteiger partial charge in [0.15, 0.2) is 0 Å². The van der Waals surface area contributed by atoms with Crippen LogP contribution in [0.3, 0.4) is 0 Å². The van der Waals surface area contributed by atoms with Gasteiger partial charge in [0, 0.05) is 6.61 Å². The van der Waals surface area contributed by atoms with Crippen LogP contribution in [0.15, 0.2) is 12.7 Å². The monoisotopic (exact) mass is 155 g/mol. The third-order valence-corrected chi connectivity index (χ3v) is 4.15. The average Bonchev–Trinajstić information content (AvgIpc) is 2.03. The molecule has 2 heteroatoms. The summed E-state index contributed by atoms with van der Waals surface area (Å²) >= 11 is 0. The summed E-state index contributed by atoms with van der Waals surface area (Å²) in [6.07, 6.45) is 5.82. The van der Waals surface area contributed by atoms with Crippen LogP contribution in [-0.2, 0) is 4.43 Å². The van der Waals surface area contributed by atoms with E-state index in [0.29, 0.717) is 0 Å². The Morgan fingerprint density at radius 1 is 1.50 bits per heavy atom. The van der Waals surface area contributed by atoms with Gasteiger partial charge in [0.1, 0.15) is 0 Å².